The first-order valence-corrected chi connectivity index (χ1v) is 19.0. The Morgan fingerprint density at radius 3 is 2.17 bits per heavy atom. The van der Waals surface area contributed by atoms with Crippen molar-refractivity contribution >= 4 is 61.1 Å². The van der Waals surface area contributed by atoms with Gasteiger partial charge in [0.05, 0.1) is 11.4 Å². The fourth-order valence-corrected chi connectivity index (χ4v) is 8.87. The highest BCUT2D eigenvalue weighted by molar-refractivity contribution is 9.11. The average molecular weight is 806 g/mol. The van der Waals surface area contributed by atoms with E-state index in [1.54, 1.807) is 15.5 Å². The normalized spacial score (nSPS) is 19.2. The van der Waals surface area contributed by atoms with Crippen LogP contribution >= 0.6 is 43.5 Å². The van der Waals surface area contributed by atoms with Crippen LogP contribution < -0.4 is 16.7 Å². The maximum absolute atomic E-state index is 14.1. The van der Waals surface area contributed by atoms with Crippen molar-refractivity contribution in [3.05, 3.63) is 72.6 Å². The van der Waals surface area contributed by atoms with E-state index in [-0.39, 0.29) is 23.7 Å². The van der Waals surface area contributed by atoms with Crippen LogP contribution in [-0.4, -0.2) is 87.5 Å². The first-order valence-electron chi connectivity index (χ1n) is 17.0. The number of carbonyl (C=O) groups excluding carboxylic acids is 2. The molecule has 3 amide bonds. The van der Waals surface area contributed by atoms with Crippen LogP contribution in [-0.2, 0) is 11.2 Å². The number of imidazole rings is 1. The minimum Gasteiger partial charge on any atom is -0.397 e. The zero-order valence-corrected chi connectivity index (χ0v) is 31.0. The second-order valence-corrected chi connectivity index (χ2v) is 15.4. The van der Waals surface area contributed by atoms with Crippen LogP contribution in [0.25, 0.3) is 11.3 Å². The predicted octanol–water partition coefficient (Wildman–Crippen LogP) is 6.43. The molecule has 1 aromatic heterocycles. The molecule has 2 aromatic carbocycles. The summed E-state index contributed by atoms with van der Waals surface area (Å²) in [4.78, 5) is 49.9. The van der Waals surface area contributed by atoms with Crippen molar-refractivity contribution in [3.8, 4) is 11.3 Å². The van der Waals surface area contributed by atoms with E-state index in [0.717, 1.165) is 46.0 Å². The number of amides is 3. The summed E-state index contributed by atoms with van der Waals surface area (Å²) < 4.78 is 3.20. The lowest BCUT2D eigenvalue weighted by Crippen LogP contribution is -2.56. The van der Waals surface area contributed by atoms with Crippen molar-refractivity contribution in [2.75, 3.05) is 45.0 Å². The highest BCUT2D eigenvalue weighted by Gasteiger charge is 2.33. The molecular weight excluding hydrogens is 762 g/mol. The van der Waals surface area contributed by atoms with Gasteiger partial charge in [-0.05, 0) is 113 Å². The summed E-state index contributed by atoms with van der Waals surface area (Å²) in [7, 11) is 0. The number of halogens is 3. The van der Waals surface area contributed by atoms with Crippen LogP contribution in [0.4, 0.5) is 10.5 Å². The molecule has 48 heavy (non-hydrogen) atoms. The highest BCUT2D eigenvalue weighted by Crippen LogP contribution is 2.31. The van der Waals surface area contributed by atoms with Gasteiger partial charge in [-0.2, -0.15) is 0 Å². The van der Waals surface area contributed by atoms with E-state index in [1.807, 2.05) is 41.4 Å². The number of nitrogen functional groups attached to an aromatic ring is 1. The molecule has 3 aliphatic rings. The highest BCUT2D eigenvalue weighted by atomic mass is 79.9. The van der Waals surface area contributed by atoms with E-state index in [2.05, 4.69) is 47.1 Å². The number of urea groups is 1. The third-order valence-corrected chi connectivity index (χ3v) is 11.7. The number of aromatic amines is 1. The van der Waals surface area contributed by atoms with Crippen molar-refractivity contribution < 1.29 is 9.59 Å². The molecule has 10 nitrogen and oxygen atoms in total. The first-order chi connectivity index (χ1) is 23.2. The standard InChI is InChI=1S/C35H44Br2ClN7O3/c36-28-18-23(19-29(37)32(28)39)20-30(33(46)43-14-8-26(9-15-43)42-12-3-1-2-4-13-42)40-34(47)44-16-10-27(11-17-44)45-22-31(41-35(45)48)24-6-5-7-25(38)21-24/h5-7,18-19,21-22,26-27,30H,1-4,8-17,20,39H2,(H,40,47)(H,41,48)/t30-/m0/s1. The smallest absolute Gasteiger partial charge is 0.326 e. The van der Waals surface area contributed by atoms with Crippen LogP contribution in [0.5, 0.6) is 0 Å². The van der Waals surface area contributed by atoms with E-state index >= 15 is 0 Å². The second kappa shape index (κ2) is 15.8. The minimum atomic E-state index is -0.722. The summed E-state index contributed by atoms with van der Waals surface area (Å²) in [6.45, 7) is 4.63. The minimum absolute atomic E-state index is 0.0434. The topological polar surface area (TPSA) is 120 Å². The van der Waals surface area contributed by atoms with Crippen molar-refractivity contribution in [1.29, 1.82) is 0 Å². The summed E-state index contributed by atoms with van der Waals surface area (Å²) in [6, 6.07) is 10.7. The molecule has 0 saturated carbocycles. The molecule has 3 fully saturated rings. The molecule has 0 aliphatic carbocycles. The summed E-state index contributed by atoms with van der Waals surface area (Å²) in [5.74, 6) is -0.0518. The van der Waals surface area contributed by atoms with Crippen molar-refractivity contribution in [1.82, 2.24) is 29.6 Å². The van der Waals surface area contributed by atoms with E-state index in [4.69, 9.17) is 17.3 Å². The maximum Gasteiger partial charge on any atom is 0.326 e. The van der Waals surface area contributed by atoms with Gasteiger partial charge in [-0.25, -0.2) is 9.59 Å². The molecule has 3 aromatic rings. The second-order valence-electron chi connectivity index (χ2n) is 13.3. The fraction of sp³-hybridized carbons (Fsp3) is 0.514. The number of hydrogen-bond donors (Lipinski definition) is 3. The van der Waals surface area contributed by atoms with Crippen LogP contribution in [0.1, 0.15) is 63.0 Å². The van der Waals surface area contributed by atoms with E-state index in [0.29, 0.717) is 67.9 Å². The zero-order chi connectivity index (χ0) is 33.8. The molecule has 0 bridgehead atoms. The van der Waals surface area contributed by atoms with Crippen LogP contribution in [0.15, 0.2) is 56.3 Å². The lowest BCUT2D eigenvalue weighted by Gasteiger charge is -2.39. The monoisotopic (exact) mass is 803 g/mol. The Balaban J connectivity index is 1.11. The molecular formula is C35H44Br2ClN7O3. The number of likely N-dealkylation sites (tertiary alicyclic amines) is 3. The molecule has 4 heterocycles. The summed E-state index contributed by atoms with van der Waals surface area (Å²) >= 11 is 13.2. The zero-order valence-electron chi connectivity index (χ0n) is 27.1. The van der Waals surface area contributed by atoms with E-state index < -0.39 is 6.04 Å². The third-order valence-electron chi connectivity index (χ3n) is 10.1. The molecule has 0 radical (unpaired) electrons. The van der Waals surface area contributed by atoms with Crippen molar-refractivity contribution in [2.45, 2.75) is 75.9 Å². The van der Waals surface area contributed by atoms with Gasteiger partial charge in [0.25, 0.3) is 0 Å². The van der Waals surface area contributed by atoms with Crippen LogP contribution in [0.3, 0.4) is 0 Å². The van der Waals surface area contributed by atoms with E-state index in [1.165, 1.54) is 25.7 Å². The molecule has 0 unspecified atom stereocenters. The number of aromatic nitrogens is 2. The molecule has 4 N–H and O–H groups in total. The van der Waals surface area contributed by atoms with E-state index in [9.17, 15) is 14.4 Å². The molecule has 3 aliphatic heterocycles. The number of anilines is 1. The lowest BCUT2D eigenvalue weighted by molar-refractivity contribution is -0.134. The largest absolute Gasteiger partial charge is 0.397 e. The third kappa shape index (κ3) is 8.31. The fourth-order valence-electron chi connectivity index (χ4n) is 7.39. The Morgan fingerprint density at radius 2 is 1.52 bits per heavy atom. The van der Waals surface area contributed by atoms with Gasteiger partial charge in [0, 0.05) is 70.4 Å². The Bertz CT molecular complexity index is 1630. The van der Waals surface area contributed by atoms with Crippen LogP contribution in [0, 0.1) is 0 Å². The van der Waals surface area contributed by atoms with Gasteiger partial charge in [-0.15, -0.1) is 0 Å². The number of nitrogens with one attached hydrogen (secondary N) is 2. The number of carbonyl (C=O) groups is 2. The summed E-state index contributed by atoms with van der Waals surface area (Å²) in [6.07, 6.45) is 10.5. The average Bonchev–Trinajstić information content (AvgIpc) is 3.28. The van der Waals surface area contributed by atoms with Gasteiger partial charge < -0.3 is 30.7 Å². The molecule has 3 saturated heterocycles. The van der Waals surface area contributed by atoms with Gasteiger partial charge in [-0.1, -0.05) is 36.6 Å². The molecule has 258 valence electrons. The number of rotatable bonds is 7. The number of nitrogens with zero attached hydrogens (tertiary/aromatic N) is 4. The summed E-state index contributed by atoms with van der Waals surface area (Å²) in [5.41, 5.74) is 8.99. The maximum atomic E-state index is 14.1. The number of nitrogens with two attached hydrogens (primary N) is 1. The number of H-pyrrole nitrogens is 1. The lowest BCUT2D eigenvalue weighted by atomic mass is 9.99. The molecule has 1 atom stereocenters. The van der Waals surface area contributed by atoms with Crippen LogP contribution in [0.2, 0.25) is 5.02 Å². The summed E-state index contributed by atoms with van der Waals surface area (Å²) in [5, 5.41) is 3.70. The first kappa shape index (κ1) is 35.0. The quantitative estimate of drug-likeness (QED) is 0.238. The predicted molar refractivity (Wildman–Crippen MR) is 197 cm³/mol. The SMILES string of the molecule is Nc1c(Br)cc(C[C@H](NC(=O)N2CCC(n3cc(-c4cccc(Cl)c4)[nH]c3=O)CC2)C(=O)N2CCC(N3CCCCCC3)CC2)cc1Br. The molecule has 6 rings (SSSR count). The molecule has 0 spiro atoms. The Hall–Kier alpha value is -2.80. The number of benzene rings is 2. The van der Waals surface area contributed by atoms with Gasteiger partial charge in [0.1, 0.15) is 6.04 Å². The van der Waals surface area contributed by atoms with Gasteiger partial charge in [0.15, 0.2) is 0 Å². The molecule has 13 heteroatoms. The number of piperidine rings is 2. The van der Waals surface area contributed by atoms with Gasteiger partial charge in [-0.3, -0.25) is 9.36 Å². The van der Waals surface area contributed by atoms with Gasteiger partial charge in [0.2, 0.25) is 5.91 Å². The van der Waals surface area contributed by atoms with Crippen molar-refractivity contribution in [3.63, 3.8) is 0 Å². The van der Waals surface area contributed by atoms with Gasteiger partial charge >= 0.3 is 11.7 Å². The Labute approximate surface area is 303 Å². The Morgan fingerprint density at radius 1 is 0.896 bits per heavy atom. The number of hydrogen-bond acceptors (Lipinski definition) is 5. The van der Waals surface area contributed by atoms with Crippen molar-refractivity contribution in [2.24, 2.45) is 0 Å². The Kier molecular flexibility index (Phi) is 11.6.